The number of alkyl halides is 6. The summed E-state index contributed by atoms with van der Waals surface area (Å²) in [5, 5.41) is 0. The van der Waals surface area contributed by atoms with Gasteiger partial charge in [-0.05, 0) is 12.5 Å². The average Bonchev–Trinajstić information content (AvgIpc) is 2.33. The highest BCUT2D eigenvalue weighted by molar-refractivity contribution is 5.42. The lowest BCUT2D eigenvalue weighted by molar-refractivity contribution is -0.274. The Balaban J connectivity index is 2.88. The number of benzene rings is 1. The third kappa shape index (κ3) is 6.11. The Labute approximate surface area is 116 Å². The predicted octanol–water partition coefficient (Wildman–Crippen LogP) is 3.94. The van der Waals surface area contributed by atoms with E-state index in [1.807, 2.05) is 0 Å². The van der Waals surface area contributed by atoms with Crippen molar-refractivity contribution in [2.45, 2.75) is 31.4 Å². The molecule has 0 unspecified atom stereocenters. The summed E-state index contributed by atoms with van der Waals surface area (Å²) in [4.78, 5) is 0. The zero-order valence-electron chi connectivity index (χ0n) is 10.9. The van der Waals surface area contributed by atoms with Gasteiger partial charge in [-0.2, -0.15) is 13.2 Å². The molecule has 1 aromatic rings. The molecule has 0 aromatic heterocycles. The predicted molar refractivity (Wildman–Crippen MR) is 61.9 cm³/mol. The molecule has 0 aliphatic heterocycles. The standard InChI is InChI=1S/C12H13F6NO2/c1-20-10-6-7(21-12(16,17)18)2-3-8(10)9(19)4-5-11(13,14)15/h2-3,6,9H,4-5,19H2,1H3/t9-/m1/s1. The number of hydrogen-bond donors (Lipinski definition) is 1. The summed E-state index contributed by atoms with van der Waals surface area (Å²) in [5.74, 6) is -0.599. The number of methoxy groups -OCH3 is 1. The summed E-state index contributed by atoms with van der Waals surface area (Å²) in [6, 6.07) is 2.04. The molecule has 9 heteroatoms. The van der Waals surface area contributed by atoms with E-state index >= 15 is 0 Å². The summed E-state index contributed by atoms with van der Waals surface area (Å²) in [5.41, 5.74) is 5.79. The van der Waals surface area contributed by atoms with Crippen LogP contribution in [0.4, 0.5) is 26.3 Å². The molecule has 0 saturated carbocycles. The van der Waals surface area contributed by atoms with E-state index in [1.165, 1.54) is 7.11 Å². The molecule has 3 nitrogen and oxygen atoms in total. The van der Waals surface area contributed by atoms with Crippen LogP contribution in [0.15, 0.2) is 18.2 Å². The fourth-order valence-corrected chi connectivity index (χ4v) is 1.67. The van der Waals surface area contributed by atoms with Crippen molar-refractivity contribution in [2.75, 3.05) is 7.11 Å². The lowest BCUT2D eigenvalue weighted by atomic mass is 10.0. The number of hydrogen-bond acceptors (Lipinski definition) is 3. The van der Waals surface area contributed by atoms with Crippen LogP contribution in [0.3, 0.4) is 0 Å². The average molecular weight is 317 g/mol. The minimum Gasteiger partial charge on any atom is -0.496 e. The van der Waals surface area contributed by atoms with Crippen molar-refractivity contribution in [3.05, 3.63) is 23.8 Å². The van der Waals surface area contributed by atoms with Crippen LogP contribution in [-0.4, -0.2) is 19.6 Å². The number of rotatable bonds is 5. The van der Waals surface area contributed by atoms with Gasteiger partial charge in [-0.25, -0.2) is 0 Å². The van der Waals surface area contributed by atoms with E-state index in [-0.39, 0.29) is 11.3 Å². The van der Waals surface area contributed by atoms with Gasteiger partial charge in [0.2, 0.25) is 0 Å². The van der Waals surface area contributed by atoms with Crippen LogP contribution in [0.1, 0.15) is 24.4 Å². The normalized spacial score (nSPS) is 13.9. The van der Waals surface area contributed by atoms with E-state index in [1.54, 1.807) is 0 Å². The molecule has 0 radical (unpaired) electrons. The molecule has 0 bridgehead atoms. The molecule has 0 aliphatic rings. The van der Waals surface area contributed by atoms with E-state index in [0.717, 1.165) is 18.2 Å². The molecule has 0 aliphatic carbocycles. The Morgan fingerprint density at radius 3 is 2.24 bits per heavy atom. The van der Waals surface area contributed by atoms with Gasteiger partial charge >= 0.3 is 12.5 Å². The second-order valence-corrected chi connectivity index (χ2v) is 4.21. The van der Waals surface area contributed by atoms with Crippen LogP contribution in [0.25, 0.3) is 0 Å². The molecule has 1 aromatic carbocycles. The highest BCUT2D eigenvalue weighted by atomic mass is 19.4. The van der Waals surface area contributed by atoms with Crippen LogP contribution in [-0.2, 0) is 0 Å². The lowest BCUT2D eigenvalue weighted by Crippen LogP contribution is -2.18. The Kier molecular flexibility index (Phi) is 5.32. The third-order valence-electron chi connectivity index (χ3n) is 2.58. The molecule has 0 fully saturated rings. The Bertz CT molecular complexity index is 472. The van der Waals surface area contributed by atoms with Gasteiger partial charge in [0, 0.05) is 24.1 Å². The van der Waals surface area contributed by atoms with E-state index in [0.29, 0.717) is 0 Å². The topological polar surface area (TPSA) is 44.5 Å². The van der Waals surface area contributed by atoms with Gasteiger partial charge in [0.15, 0.2) is 0 Å². The van der Waals surface area contributed by atoms with Gasteiger partial charge < -0.3 is 15.2 Å². The monoisotopic (exact) mass is 317 g/mol. The van der Waals surface area contributed by atoms with Gasteiger partial charge in [0.1, 0.15) is 11.5 Å². The minimum atomic E-state index is -4.87. The van der Waals surface area contributed by atoms with Gasteiger partial charge in [-0.1, -0.05) is 6.07 Å². The lowest BCUT2D eigenvalue weighted by Gasteiger charge is -2.18. The van der Waals surface area contributed by atoms with Crippen molar-refractivity contribution in [3.8, 4) is 11.5 Å². The van der Waals surface area contributed by atoms with Crippen molar-refractivity contribution in [2.24, 2.45) is 5.73 Å². The van der Waals surface area contributed by atoms with Crippen molar-refractivity contribution in [1.82, 2.24) is 0 Å². The van der Waals surface area contributed by atoms with Gasteiger partial charge in [0.05, 0.1) is 7.11 Å². The highest BCUT2D eigenvalue weighted by Gasteiger charge is 2.32. The first-order valence-electron chi connectivity index (χ1n) is 5.78. The molecular weight excluding hydrogens is 304 g/mol. The van der Waals surface area contributed by atoms with Crippen molar-refractivity contribution >= 4 is 0 Å². The fraction of sp³-hybridized carbons (Fsp3) is 0.500. The first-order valence-corrected chi connectivity index (χ1v) is 5.78. The third-order valence-corrected chi connectivity index (χ3v) is 2.58. The van der Waals surface area contributed by atoms with Crippen LogP contribution in [0.2, 0.25) is 0 Å². The SMILES string of the molecule is COc1cc(OC(F)(F)F)ccc1[C@H](N)CCC(F)(F)F. The molecule has 1 rings (SSSR count). The second-order valence-electron chi connectivity index (χ2n) is 4.21. The van der Waals surface area contributed by atoms with Crippen LogP contribution < -0.4 is 15.2 Å². The molecule has 0 heterocycles. The molecule has 2 N–H and O–H groups in total. The van der Waals surface area contributed by atoms with Crippen molar-refractivity contribution in [1.29, 1.82) is 0 Å². The van der Waals surface area contributed by atoms with Gasteiger partial charge in [-0.3, -0.25) is 0 Å². The number of halogens is 6. The first kappa shape index (κ1) is 17.4. The zero-order chi connectivity index (χ0) is 16.3. The second kappa shape index (κ2) is 6.42. The van der Waals surface area contributed by atoms with Crippen molar-refractivity contribution < 1.29 is 35.8 Å². The minimum absolute atomic E-state index is 0.0635. The Morgan fingerprint density at radius 1 is 1.14 bits per heavy atom. The molecule has 0 spiro atoms. The first-order chi connectivity index (χ1) is 9.52. The van der Waals surface area contributed by atoms with Gasteiger partial charge in [-0.15, -0.1) is 13.2 Å². The summed E-state index contributed by atoms with van der Waals surface area (Å²) in [6.07, 6.45) is -10.7. The highest BCUT2D eigenvalue weighted by Crippen LogP contribution is 2.34. The summed E-state index contributed by atoms with van der Waals surface area (Å²) >= 11 is 0. The van der Waals surface area contributed by atoms with E-state index < -0.39 is 37.2 Å². The van der Waals surface area contributed by atoms with Crippen molar-refractivity contribution in [3.63, 3.8) is 0 Å². The molecule has 0 amide bonds. The summed E-state index contributed by atoms with van der Waals surface area (Å²) in [7, 11) is 1.17. The van der Waals surface area contributed by atoms with Crippen LogP contribution in [0.5, 0.6) is 11.5 Å². The molecule has 1 atom stereocenters. The molecular formula is C12H13F6NO2. The van der Waals surface area contributed by atoms with Gasteiger partial charge in [0.25, 0.3) is 0 Å². The maximum atomic E-state index is 12.1. The van der Waals surface area contributed by atoms with E-state index in [9.17, 15) is 26.3 Å². The van der Waals surface area contributed by atoms with Crippen LogP contribution >= 0.6 is 0 Å². The molecule has 120 valence electrons. The fourth-order valence-electron chi connectivity index (χ4n) is 1.67. The molecule has 21 heavy (non-hydrogen) atoms. The zero-order valence-corrected chi connectivity index (χ0v) is 10.9. The summed E-state index contributed by atoms with van der Waals surface area (Å²) in [6.45, 7) is 0. The quantitative estimate of drug-likeness (QED) is 0.837. The van der Waals surface area contributed by atoms with Crippen LogP contribution in [0, 0.1) is 0 Å². The number of nitrogens with two attached hydrogens (primary N) is 1. The maximum Gasteiger partial charge on any atom is 0.573 e. The van der Waals surface area contributed by atoms with E-state index in [4.69, 9.17) is 10.5 Å². The molecule has 0 saturated heterocycles. The Morgan fingerprint density at radius 2 is 1.76 bits per heavy atom. The maximum absolute atomic E-state index is 12.1. The number of ether oxygens (including phenoxy) is 2. The summed E-state index contributed by atoms with van der Waals surface area (Å²) < 4.78 is 81.2. The largest absolute Gasteiger partial charge is 0.573 e. The Hall–Kier alpha value is -1.64. The van der Waals surface area contributed by atoms with E-state index in [2.05, 4.69) is 4.74 Å². The smallest absolute Gasteiger partial charge is 0.496 e.